The van der Waals surface area contributed by atoms with E-state index in [0.29, 0.717) is 83.8 Å². The Bertz CT molecular complexity index is 4510. The minimum Gasteiger partial charge on any atom is -0.399 e. The number of ketones is 1. The quantitative estimate of drug-likeness (QED) is 0.0310. The number of anilines is 7. The fourth-order valence-electron chi connectivity index (χ4n) is 14.2. The molecule has 3 saturated heterocycles. The lowest BCUT2D eigenvalue weighted by atomic mass is 9.99. The molecule has 1 amide bonds. The molecule has 0 aliphatic carbocycles. The summed E-state index contributed by atoms with van der Waals surface area (Å²) < 4.78 is 16.7. The Morgan fingerprint density at radius 1 is 0.480 bits per heavy atom. The number of pyridine rings is 6. The molecule has 0 bridgehead atoms. The summed E-state index contributed by atoms with van der Waals surface area (Å²) in [7, 11) is 0. The number of hydrogen-bond acceptors (Lipinski definition) is 18. The summed E-state index contributed by atoms with van der Waals surface area (Å²) in [6.07, 6.45) is 11.6. The zero-order valence-electron chi connectivity index (χ0n) is 58.4. The van der Waals surface area contributed by atoms with Crippen LogP contribution in [-0.4, -0.2) is 119 Å². The Hall–Kier alpha value is -9.64. The number of carbonyl (C=O) groups is 2. The van der Waals surface area contributed by atoms with Gasteiger partial charge >= 0.3 is 0 Å². The number of ether oxygens (including phenoxy) is 3. The van der Waals surface area contributed by atoms with E-state index in [1.54, 1.807) is 19.2 Å². The van der Waals surface area contributed by atoms with Gasteiger partial charge in [0.05, 0.1) is 0 Å². The molecule has 3 aliphatic heterocycles. The van der Waals surface area contributed by atoms with Crippen LogP contribution in [0.4, 0.5) is 40.2 Å². The van der Waals surface area contributed by atoms with E-state index in [2.05, 4.69) is 99.5 Å². The van der Waals surface area contributed by atoms with Crippen LogP contribution in [0, 0.1) is 41.5 Å². The van der Waals surface area contributed by atoms with Gasteiger partial charge in [-0.25, -0.2) is 15.0 Å². The number of primary amides is 1. The molecule has 10 N–H and O–H groups in total. The summed E-state index contributed by atoms with van der Waals surface area (Å²) in [6, 6.07) is 25.0. The number of aromatic nitrogens is 6. The molecule has 0 radical (unpaired) electrons. The summed E-state index contributed by atoms with van der Waals surface area (Å²) in [5.41, 5.74) is 24.5. The van der Waals surface area contributed by atoms with E-state index in [-0.39, 0.29) is 22.5 Å². The monoisotopic (exact) mass is 1330 g/mol. The second-order valence-corrected chi connectivity index (χ2v) is 25.9. The highest BCUT2D eigenvalue weighted by molar-refractivity contribution is 6.07. The molecule has 3 aromatic carbocycles. The van der Waals surface area contributed by atoms with E-state index < -0.39 is 5.91 Å². The van der Waals surface area contributed by atoms with Crippen LogP contribution in [0.5, 0.6) is 0 Å². The number of rotatable bonds is 21. The number of nitrogens with two attached hydrogens (primary N) is 2. The maximum atomic E-state index is 12.5. The van der Waals surface area contributed by atoms with Crippen molar-refractivity contribution in [2.24, 2.45) is 5.73 Å². The van der Waals surface area contributed by atoms with Crippen molar-refractivity contribution in [3.05, 3.63) is 184 Å². The van der Waals surface area contributed by atoms with Crippen molar-refractivity contribution in [3.8, 4) is 0 Å². The Morgan fingerprint density at radius 2 is 0.816 bits per heavy atom. The van der Waals surface area contributed by atoms with Crippen molar-refractivity contribution in [3.63, 3.8) is 0 Å². The number of nitrogens with zero attached hydrogens (tertiary/aromatic N) is 6. The van der Waals surface area contributed by atoms with Gasteiger partial charge in [-0.3, -0.25) is 24.0 Å². The van der Waals surface area contributed by atoms with Gasteiger partial charge in [-0.05, 0) is 203 Å². The van der Waals surface area contributed by atoms with Gasteiger partial charge in [0.1, 0.15) is 23.2 Å². The first-order valence-electron chi connectivity index (χ1n) is 34.4. The second-order valence-electron chi connectivity index (χ2n) is 25.9. The number of nitrogen functional groups attached to an aromatic ring is 1. The maximum Gasteiger partial charge on any atom is 0.253 e. The largest absolute Gasteiger partial charge is 0.399 e. The molecule has 22 heteroatoms. The third kappa shape index (κ3) is 16.8. The summed E-state index contributed by atoms with van der Waals surface area (Å²) in [5.74, 6) is 1.70. The number of H-pyrrole nitrogens is 3. The van der Waals surface area contributed by atoms with Gasteiger partial charge in [-0.2, -0.15) is 0 Å². The topological polar surface area (TPSA) is 297 Å². The molecule has 22 nitrogen and oxygen atoms in total. The molecule has 9 heterocycles. The van der Waals surface area contributed by atoms with E-state index >= 15 is 0 Å². The highest BCUT2D eigenvalue weighted by atomic mass is 16.5. The fraction of sp³-hybridized carbons (Fsp3) is 0.421. The Morgan fingerprint density at radius 3 is 1.15 bits per heavy atom. The smallest absolute Gasteiger partial charge is 0.253 e. The van der Waals surface area contributed by atoms with Crippen LogP contribution in [0.3, 0.4) is 0 Å². The molecule has 0 atom stereocenters. The van der Waals surface area contributed by atoms with Gasteiger partial charge in [0, 0.05) is 216 Å². The van der Waals surface area contributed by atoms with Gasteiger partial charge in [0.2, 0.25) is 5.91 Å². The van der Waals surface area contributed by atoms with Crippen molar-refractivity contribution < 1.29 is 23.8 Å². The van der Waals surface area contributed by atoms with E-state index in [4.69, 9.17) is 25.7 Å². The van der Waals surface area contributed by atoms with Crippen LogP contribution in [0.1, 0.15) is 133 Å². The first kappa shape index (κ1) is 71.1. The summed E-state index contributed by atoms with van der Waals surface area (Å²) in [6.45, 7) is 27.8. The second kappa shape index (κ2) is 32.6. The van der Waals surface area contributed by atoms with E-state index in [1.165, 1.54) is 0 Å². The van der Waals surface area contributed by atoms with Crippen LogP contribution >= 0.6 is 0 Å². The van der Waals surface area contributed by atoms with Crippen LogP contribution < -0.4 is 58.8 Å². The summed E-state index contributed by atoms with van der Waals surface area (Å²) in [4.78, 5) is 91.1. The highest BCUT2D eigenvalue weighted by Crippen LogP contribution is 2.39. The number of Topliss-reactive ketones (excluding diaryl/α,β-unsaturated/α-hetero) is 1. The third-order valence-corrected chi connectivity index (χ3v) is 19.0. The molecule has 12 rings (SSSR count). The molecule has 9 aromatic rings. The van der Waals surface area contributed by atoms with Crippen LogP contribution in [0.15, 0.2) is 106 Å². The predicted molar refractivity (Wildman–Crippen MR) is 395 cm³/mol. The lowest BCUT2D eigenvalue weighted by Crippen LogP contribution is -2.39. The number of amides is 1. The predicted octanol–water partition coefficient (Wildman–Crippen LogP) is 11.3. The summed E-state index contributed by atoms with van der Waals surface area (Å²) >= 11 is 0. The van der Waals surface area contributed by atoms with Crippen molar-refractivity contribution in [1.82, 2.24) is 29.9 Å². The zero-order chi connectivity index (χ0) is 69.7. The molecule has 3 aliphatic rings. The number of carbonyl (C=O) groups excluding carboxylic acids is 2. The van der Waals surface area contributed by atoms with E-state index in [9.17, 15) is 24.0 Å². The van der Waals surface area contributed by atoms with Crippen molar-refractivity contribution in [2.45, 2.75) is 152 Å². The van der Waals surface area contributed by atoms with Crippen molar-refractivity contribution >= 4 is 84.2 Å². The molecule has 6 aromatic heterocycles. The molecule has 0 spiro atoms. The lowest BCUT2D eigenvalue weighted by Gasteiger charge is -2.36. The average Bonchev–Trinajstić information content (AvgIpc) is 0.786. The van der Waals surface area contributed by atoms with Crippen molar-refractivity contribution in [2.75, 3.05) is 95.7 Å². The molecule has 0 unspecified atom stereocenters. The van der Waals surface area contributed by atoms with Crippen molar-refractivity contribution in [1.29, 1.82) is 0 Å². The number of aromatic amines is 3. The highest BCUT2D eigenvalue weighted by Gasteiger charge is 2.28. The normalized spacial score (nSPS) is 14.5. The SMILES string of the molecule is CCN(c1cc(C(N)=O)cc2c(NCc3c(C)cc(C)[nH]c3=O)nccc12)C1CCOCC1.CCN(c1cc(CC(C)=O)cc2c(NCc3c(C)cc(C)[nH]c3=O)nccc12)C1CCOCC1.CCN(c1cc(N)cc2c(NCc3c(C)cc(C)[nH]c3=O)nccc12)C1CCOCC1. The minimum absolute atomic E-state index is 0.0675. The van der Waals surface area contributed by atoms with Gasteiger partial charge in [-0.1, -0.05) is 0 Å². The molecule has 518 valence electrons. The van der Waals surface area contributed by atoms with Crippen LogP contribution in [0.25, 0.3) is 32.3 Å². The summed E-state index contributed by atoms with van der Waals surface area (Å²) in [5, 5.41) is 16.0. The van der Waals surface area contributed by atoms with Gasteiger partial charge in [0.25, 0.3) is 16.7 Å². The Kier molecular flexibility index (Phi) is 23.7. The van der Waals surface area contributed by atoms with E-state index in [0.717, 1.165) is 192 Å². The standard InChI is InChI=1S/C27H34N4O3.C25H31N5O3.C24H31N5O2/c1-5-31(21-7-10-34-11-8-21)25-15-20(13-19(4)32)14-23-22(25)6-9-28-26(23)29-16-24-17(2)12-18(3)30-27(24)33;1-4-30(18-6-9-33-10-7-18)22-13-17(23(26)31)12-20-19(22)5-8-27-24(20)28-14-21-15(2)11-16(3)29-25(21)32;1-4-29(18-6-9-31-10-7-18)22-13-17(25)12-20-19(22)5-8-26-23(20)27-14-21-15(2)11-16(3)28-24(21)30/h6,9,12,14-15,21H,5,7-8,10-11,13,16H2,1-4H3,(H,28,29)(H,30,33);5,8,11-13,18H,4,6-7,9-10,14H2,1-3H3,(H2,26,31)(H,27,28)(H,29,32);5,8,11-13,18H,4,6-7,9-10,14,25H2,1-3H3,(H,26,27)(H,28,30). The molecule has 3 fully saturated rings. The first-order valence-corrected chi connectivity index (χ1v) is 34.4. The number of fused-ring (bicyclic) bond motifs is 3. The Balaban J connectivity index is 0.000000159. The molecular formula is C76H96N14O8. The van der Waals surface area contributed by atoms with E-state index in [1.807, 2.05) is 102 Å². The van der Waals surface area contributed by atoms with Gasteiger partial charge in [0.15, 0.2) is 0 Å². The molecule has 0 saturated carbocycles. The fourth-order valence-corrected chi connectivity index (χ4v) is 14.2. The van der Waals surface area contributed by atoms with Gasteiger partial charge < -0.3 is 71.3 Å². The Labute approximate surface area is 572 Å². The lowest BCUT2D eigenvalue weighted by molar-refractivity contribution is -0.116. The first-order chi connectivity index (χ1) is 47.2. The zero-order valence-corrected chi connectivity index (χ0v) is 58.4. The number of hydrogen-bond donors (Lipinski definition) is 8. The number of benzene rings is 3. The maximum absolute atomic E-state index is 12.5. The average molecular weight is 1330 g/mol. The van der Waals surface area contributed by atoms with Crippen LogP contribution in [-0.2, 0) is 45.1 Å². The molecule has 98 heavy (non-hydrogen) atoms. The van der Waals surface area contributed by atoms with Crippen LogP contribution in [0.2, 0.25) is 0 Å². The number of nitrogens with one attached hydrogen (secondary N) is 6. The van der Waals surface area contributed by atoms with Gasteiger partial charge in [-0.15, -0.1) is 0 Å². The molecular weight excluding hydrogens is 1240 g/mol. The third-order valence-electron chi connectivity index (χ3n) is 19.0. The number of aryl methyl sites for hydroxylation is 6. The minimum atomic E-state index is -0.484.